The third-order valence-corrected chi connectivity index (χ3v) is 2.39. The molecule has 0 aromatic carbocycles. The average Bonchev–Trinajstić information content (AvgIpc) is 1.99. The van der Waals surface area contributed by atoms with Crippen LogP contribution >= 0.6 is 0 Å². The van der Waals surface area contributed by atoms with Crippen molar-refractivity contribution >= 4 is 5.97 Å². The van der Waals surface area contributed by atoms with Crippen LogP contribution in [0.25, 0.3) is 0 Å². The van der Waals surface area contributed by atoms with E-state index in [9.17, 15) is 4.79 Å². The van der Waals surface area contributed by atoms with Crippen molar-refractivity contribution in [2.45, 2.75) is 31.3 Å². The molecule has 4 nitrogen and oxygen atoms in total. The quantitative estimate of drug-likeness (QED) is 0.533. The van der Waals surface area contributed by atoms with Gasteiger partial charge in [-0.3, -0.25) is 4.79 Å². The molecule has 1 saturated heterocycles. The first-order valence-electron chi connectivity index (χ1n) is 4.72. The van der Waals surface area contributed by atoms with Gasteiger partial charge in [0.25, 0.3) is 0 Å². The highest BCUT2D eigenvalue weighted by molar-refractivity contribution is 5.68. The second-order valence-electron chi connectivity index (χ2n) is 3.91. The summed E-state index contributed by atoms with van der Waals surface area (Å²) in [6.07, 6.45) is 5.96. The van der Waals surface area contributed by atoms with E-state index < -0.39 is 5.97 Å². The van der Waals surface area contributed by atoms with Crippen molar-refractivity contribution in [2.75, 3.05) is 13.1 Å². The maximum absolute atomic E-state index is 10.6. The van der Waals surface area contributed by atoms with Crippen LogP contribution in [0, 0.1) is 12.3 Å². The zero-order valence-electron chi connectivity index (χ0n) is 8.34. The van der Waals surface area contributed by atoms with Crippen LogP contribution in [0.2, 0.25) is 0 Å². The van der Waals surface area contributed by atoms with Gasteiger partial charge in [-0.1, -0.05) is 0 Å². The van der Waals surface area contributed by atoms with E-state index in [1.165, 1.54) is 0 Å². The van der Waals surface area contributed by atoms with Gasteiger partial charge in [0, 0.05) is 25.6 Å². The molecule has 0 saturated carbocycles. The Morgan fingerprint density at radius 1 is 1.79 bits per heavy atom. The fourth-order valence-corrected chi connectivity index (χ4v) is 1.74. The fourth-order valence-electron chi connectivity index (χ4n) is 1.74. The normalized spacial score (nSPS) is 20.6. The molecule has 0 amide bonds. The standard InChI is InChI=1S/C10H16N2O2/c1-3-4-8(2)12-10(5-9(13)14)6-11-7-10/h1,8,11-12H,4-7H2,2H3,(H,13,14). The summed E-state index contributed by atoms with van der Waals surface area (Å²) in [5, 5.41) is 15.1. The molecule has 3 N–H and O–H groups in total. The summed E-state index contributed by atoms with van der Waals surface area (Å²) in [6.45, 7) is 3.38. The molecule has 14 heavy (non-hydrogen) atoms. The Morgan fingerprint density at radius 2 is 2.43 bits per heavy atom. The molecule has 0 radical (unpaired) electrons. The molecule has 1 unspecified atom stereocenters. The van der Waals surface area contributed by atoms with Gasteiger partial charge in [0.1, 0.15) is 0 Å². The molecule has 0 aromatic rings. The monoisotopic (exact) mass is 196 g/mol. The van der Waals surface area contributed by atoms with Gasteiger partial charge in [-0.05, 0) is 6.92 Å². The molecule has 0 spiro atoms. The third-order valence-electron chi connectivity index (χ3n) is 2.39. The summed E-state index contributed by atoms with van der Waals surface area (Å²) >= 11 is 0. The maximum Gasteiger partial charge on any atom is 0.305 e. The van der Waals surface area contributed by atoms with E-state index in [0.717, 1.165) is 0 Å². The number of terminal acetylenes is 1. The van der Waals surface area contributed by atoms with Gasteiger partial charge in [-0.25, -0.2) is 0 Å². The van der Waals surface area contributed by atoms with Gasteiger partial charge >= 0.3 is 5.97 Å². The summed E-state index contributed by atoms with van der Waals surface area (Å²) in [5.41, 5.74) is -0.290. The molecule has 1 rings (SSSR count). The minimum Gasteiger partial charge on any atom is -0.481 e. The lowest BCUT2D eigenvalue weighted by Crippen LogP contribution is -2.70. The highest BCUT2D eigenvalue weighted by Gasteiger charge is 2.39. The van der Waals surface area contributed by atoms with E-state index in [1.807, 2.05) is 6.92 Å². The zero-order chi connectivity index (χ0) is 10.6. The van der Waals surface area contributed by atoms with Crippen LogP contribution in [0.3, 0.4) is 0 Å². The number of hydrogen-bond acceptors (Lipinski definition) is 3. The molecule has 1 heterocycles. The number of hydrogen-bond donors (Lipinski definition) is 3. The number of carbonyl (C=O) groups is 1. The summed E-state index contributed by atoms with van der Waals surface area (Å²) in [5.74, 6) is 1.79. The van der Waals surface area contributed by atoms with Crippen molar-refractivity contribution in [3.8, 4) is 12.3 Å². The largest absolute Gasteiger partial charge is 0.481 e. The highest BCUT2D eigenvalue weighted by atomic mass is 16.4. The first-order valence-corrected chi connectivity index (χ1v) is 4.72. The van der Waals surface area contributed by atoms with Crippen LogP contribution in [0.1, 0.15) is 19.8 Å². The van der Waals surface area contributed by atoms with E-state index in [-0.39, 0.29) is 18.0 Å². The molecule has 1 atom stereocenters. The Hall–Kier alpha value is -1.05. The van der Waals surface area contributed by atoms with Crippen LogP contribution in [0.5, 0.6) is 0 Å². The van der Waals surface area contributed by atoms with Crippen LogP contribution in [-0.2, 0) is 4.79 Å². The summed E-state index contributed by atoms with van der Waals surface area (Å²) in [6, 6.07) is 0.168. The van der Waals surface area contributed by atoms with Crippen LogP contribution < -0.4 is 10.6 Å². The molecular weight excluding hydrogens is 180 g/mol. The van der Waals surface area contributed by atoms with E-state index >= 15 is 0 Å². The average molecular weight is 196 g/mol. The first kappa shape index (κ1) is 11.0. The molecule has 0 bridgehead atoms. The van der Waals surface area contributed by atoms with E-state index in [4.69, 9.17) is 11.5 Å². The minimum absolute atomic E-state index is 0.148. The molecule has 1 aliphatic heterocycles. The van der Waals surface area contributed by atoms with Crippen molar-refractivity contribution in [1.29, 1.82) is 0 Å². The molecule has 78 valence electrons. The van der Waals surface area contributed by atoms with E-state index in [1.54, 1.807) is 0 Å². The van der Waals surface area contributed by atoms with Crippen LogP contribution in [-0.4, -0.2) is 35.7 Å². The number of nitrogens with one attached hydrogen (secondary N) is 2. The third kappa shape index (κ3) is 2.72. The van der Waals surface area contributed by atoms with Gasteiger partial charge in [-0.2, -0.15) is 0 Å². The van der Waals surface area contributed by atoms with Crippen molar-refractivity contribution in [2.24, 2.45) is 0 Å². The number of rotatable bonds is 5. The summed E-state index contributed by atoms with van der Waals surface area (Å²) in [7, 11) is 0. The molecule has 1 fully saturated rings. The van der Waals surface area contributed by atoms with Crippen LogP contribution in [0.15, 0.2) is 0 Å². The molecule has 0 aromatic heterocycles. The number of carboxylic acid groups (broad SMARTS) is 1. The Bertz CT molecular complexity index is 253. The van der Waals surface area contributed by atoms with Crippen LogP contribution in [0.4, 0.5) is 0 Å². The first-order chi connectivity index (χ1) is 6.58. The van der Waals surface area contributed by atoms with Crippen molar-refractivity contribution in [3.63, 3.8) is 0 Å². The summed E-state index contributed by atoms with van der Waals surface area (Å²) in [4.78, 5) is 10.6. The Morgan fingerprint density at radius 3 is 2.79 bits per heavy atom. The predicted octanol–water partition coefficient (Wildman–Crippen LogP) is -0.195. The maximum atomic E-state index is 10.6. The van der Waals surface area contributed by atoms with Gasteiger partial charge in [-0.15, -0.1) is 12.3 Å². The molecule has 1 aliphatic rings. The van der Waals surface area contributed by atoms with Gasteiger partial charge < -0.3 is 15.7 Å². The second-order valence-corrected chi connectivity index (χ2v) is 3.91. The van der Waals surface area contributed by atoms with Gasteiger partial charge in [0.15, 0.2) is 0 Å². The molecule has 0 aliphatic carbocycles. The van der Waals surface area contributed by atoms with Crippen molar-refractivity contribution in [1.82, 2.24) is 10.6 Å². The summed E-state index contributed by atoms with van der Waals surface area (Å²) < 4.78 is 0. The predicted molar refractivity (Wildman–Crippen MR) is 53.9 cm³/mol. The zero-order valence-corrected chi connectivity index (χ0v) is 8.34. The van der Waals surface area contributed by atoms with E-state index in [2.05, 4.69) is 16.6 Å². The van der Waals surface area contributed by atoms with E-state index in [0.29, 0.717) is 19.5 Å². The fraction of sp³-hybridized carbons (Fsp3) is 0.700. The number of aliphatic carboxylic acids is 1. The lowest BCUT2D eigenvalue weighted by Gasteiger charge is -2.44. The number of carboxylic acids is 1. The van der Waals surface area contributed by atoms with Gasteiger partial charge in [0.05, 0.1) is 12.0 Å². The van der Waals surface area contributed by atoms with Crippen molar-refractivity contribution in [3.05, 3.63) is 0 Å². The lowest BCUT2D eigenvalue weighted by atomic mass is 9.87. The topological polar surface area (TPSA) is 61.4 Å². The second kappa shape index (κ2) is 4.45. The molecular formula is C10H16N2O2. The smallest absolute Gasteiger partial charge is 0.305 e. The molecule has 4 heteroatoms. The van der Waals surface area contributed by atoms with Gasteiger partial charge in [0.2, 0.25) is 0 Å². The van der Waals surface area contributed by atoms with Crippen molar-refractivity contribution < 1.29 is 9.90 Å². The highest BCUT2D eigenvalue weighted by Crippen LogP contribution is 2.17. The Kier molecular flexibility index (Phi) is 3.50. The lowest BCUT2D eigenvalue weighted by molar-refractivity contribution is -0.139. The Balaban J connectivity index is 2.45. The Labute approximate surface area is 84.1 Å². The SMILES string of the molecule is C#CCC(C)NC1(CC(=O)O)CNC1. The minimum atomic E-state index is -0.771.